The lowest BCUT2D eigenvalue weighted by Gasteiger charge is -1.82. The monoisotopic (exact) mass is 72.1 g/mol. The summed E-state index contributed by atoms with van der Waals surface area (Å²) in [6.07, 6.45) is 0. The summed E-state index contributed by atoms with van der Waals surface area (Å²) < 4.78 is 0. The summed E-state index contributed by atoms with van der Waals surface area (Å²) in [5.74, 6) is 0. The van der Waals surface area contributed by atoms with Gasteiger partial charge in [0.15, 0.2) is 0 Å². The average molecular weight is 72.1 g/mol. The van der Waals surface area contributed by atoms with E-state index in [2.05, 4.69) is 10.6 Å². The predicted molar refractivity (Wildman–Crippen MR) is 21.0 cm³/mol. The Kier molecular flexibility index (Phi) is 3.86. The van der Waals surface area contributed by atoms with E-state index in [1.807, 2.05) is 0 Å². The highest BCUT2D eigenvalue weighted by molar-refractivity contribution is 4.20. The molecule has 2 radical (unpaired) electrons. The molecule has 0 saturated heterocycles. The van der Waals surface area contributed by atoms with Crippen LogP contribution in [0.15, 0.2) is 0 Å². The summed E-state index contributed by atoms with van der Waals surface area (Å²) in [7, 11) is 3.49. The van der Waals surface area contributed by atoms with Crippen LogP contribution < -0.4 is 10.6 Å². The molecule has 0 spiro atoms. The van der Waals surface area contributed by atoms with E-state index in [0.29, 0.717) is 6.67 Å². The van der Waals surface area contributed by atoms with Crippen LogP contribution in [-0.4, -0.2) is 20.8 Å². The fourth-order valence-electron chi connectivity index (χ4n) is 0.141. The van der Waals surface area contributed by atoms with Crippen molar-refractivity contribution in [2.75, 3.05) is 20.8 Å². The van der Waals surface area contributed by atoms with Crippen LogP contribution in [0.4, 0.5) is 0 Å². The molecule has 0 saturated carbocycles. The molecule has 0 aromatic rings. The van der Waals surface area contributed by atoms with E-state index in [4.69, 9.17) is 0 Å². The summed E-state index contributed by atoms with van der Waals surface area (Å²) in [5.41, 5.74) is 0. The summed E-state index contributed by atoms with van der Waals surface area (Å²) >= 11 is 0. The lowest BCUT2D eigenvalue weighted by molar-refractivity contribution is 0.685. The first kappa shape index (κ1) is 4.92. The van der Waals surface area contributed by atoms with Crippen molar-refractivity contribution in [3.8, 4) is 0 Å². The normalized spacial score (nSPS) is 8.40. The maximum absolute atomic E-state index is 3.69. The first-order valence-corrected chi connectivity index (χ1v) is 1.53. The Balaban J connectivity index is 2.19. The molecule has 0 aromatic heterocycles. The third kappa shape index (κ3) is 3.92. The molecule has 30 valence electrons. The first-order valence-electron chi connectivity index (χ1n) is 1.53. The van der Waals surface area contributed by atoms with E-state index >= 15 is 0 Å². The summed E-state index contributed by atoms with van der Waals surface area (Å²) in [5, 5.41) is 7.38. The minimum absolute atomic E-state index is 0.639. The highest BCUT2D eigenvalue weighted by Gasteiger charge is 1.65. The van der Waals surface area contributed by atoms with Crippen LogP contribution in [0, 0.1) is 0 Å². The Bertz CT molecular complexity index is 12.4. The van der Waals surface area contributed by atoms with Gasteiger partial charge in [0.2, 0.25) is 0 Å². The number of hydrogen-bond donors (Lipinski definition) is 0. The molecule has 2 nitrogen and oxygen atoms in total. The molecule has 0 amide bonds. The van der Waals surface area contributed by atoms with Gasteiger partial charge in [-0.05, 0) is 0 Å². The third-order valence-electron chi connectivity index (χ3n) is 0.283. The maximum atomic E-state index is 3.69. The molecule has 0 N–H and O–H groups in total. The van der Waals surface area contributed by atoms with Crippen LogP contribution in [0.3, 0.4) is 0 Å². The Morgan fingerprint density at radius 1 is 1.20 bits per heavy atom. The van der Waals surface area contributed by atoms with Gasteiger partial charge in [0, 0.05) is 14.1 Å². The largest absolute Gasteiger partial charge is 0.228 e. The van der Waals surface area contributed by atoms with Crippen molar-refractivity contribution in [3.05, 3.63) is 0 Å². The first-order chi connectivity index (χ1) is 2.41. The van der Waals surface area contributed by atoms with Crippen molar-refractivity contribution in [2.24, 2.45) is 0 Å². The molecular weight excluding hydrogens is 64.0 g/mol. The molecule has 0 fully saturated rings. The van der Waals surface area contributed by atoms with Crippen molar-refractivity contribution in [1.29, 1.82) is 0 Å². The number of rotatable bonds is 2. The molecule has 0 atom stereocenters. The second-order valence-corrected chi connectivity index (χ2v) is 0.774. The fraction of sp³-hybridized carbons (Fsp3) is 1.00. The Hall–Kier alpha value is -0.0800. The fourth-order valence-corrected chi connectivity index (χ4v) is 0.141. The van der Waals surface area contributed by atoms with Gasteiger partial charge >= 0.3 is 0 Å². The van der Waals surface area contributed by atoms with Crippen molar-refractivity contribution in [1.82, 2.24) is 10.6 Å². The van der Waals surface area contributed by atoms with Gasteiger partial charge in [0.1, 0.15) is 0 Å². The maximum Gasteiger partial charge on any atom is 0.0781 e. The SMILES string of the molecule is C[N]C[N]C. The zero-order chi connectivity index (χ0) is 4.12. The minimum atomic E-state index is 0.639. The van der Waals surface area contributed by atoms with E-state index in [-0.39, 0.29) is 0 Å². The van der Waals surface area contributed by atoms with Gasteiger partial charge in [-0.15, -0.1) is 0 Å². The van der Waals surface area contributed by atoms with Crippen LogP contribution in [0.25, 0.3) is 0 Å². The molecular formula is C3H8N2. The van der Waals surface area contributed by atoms with Gasteiger partial charge in [-0.3, -0.25) is 0 Å². The molecule has 0 aliphatic heterocycles. The van der Waals surface area contributed by atoms with Crippen LogP contribution in [0.2, 0.25) is 0 Å². The number of hydrogen-bond acceptors (Lipinski definition) is 0. The Labute approximate surface area is 32.6 Å². The lowest BCUT2D eigenvalue weighted by atomic mass is 11.0. The molecule has 0 rings (SSSR count). The second kappa shape index (κ2) is 3.92. The van der Waals surface area contributed by atoms with Gasteiger partial charge in [0.05, 0.1) is 6.67 Å². The molecule has 0 unspecified atom stereocenters. The second-order valence-electron chi connectivity index (χ2n) is 0.774. The predicted octanol–water partition coefficient (Wildman–Crippen LogP) is -0.588. The highest BCUT2D eigenvalue weighted by Crippen LogP contribution is 1.40. The third-order valence-corrected chi connectivity index (χ3v) is 0.283. The van der Waals surface area contributed by atoms with Gasteiger partial charge in [-0.1, -0.05) is 0 Å². The van der Waals surface area contributed by atoms with Gasteiger partial charge < -0.3 is 0 Å². The standard InChI is InChI=1S/C3H8N2/c1-4-3-5-2/h3H2,1-2H3. The highest BCUT2D eigenvalue weighted by atomic mass is 15.0. The van der Waals surface area contributed by atoms with Crippen molar-refractivity contribution >= 4 is 0 Å². The molecule has 0 heterocycles. The van der Waals surface area contributed by atoms with Crippen molar-refractivity contribution < 1.29 is 0 Å². The molecule has 0 aliphatic rings. The van der Waals surface area contributed by atoms with Gasteiger partial charge in [-0.2, -0.15) is 0 Å². The molecule has 2 heteroatoms. The van der Waals surface area contributed by atoms with Crippen LogP contribution in [0.1, 0.15) is 0 Å². The quantitative estimate of drug-likeness (QED) is 0.417. The van der Waals surface area contributed by atoms with Crippen molar-refractivity contribution in [2.45, 2.75) is 0 Å². The molecule has 0 bridgehead atoms. The lowest BCUT2D eigenvalue weighted by Crippen LogP contribution is -2.08. The Morgan fingerprint density at radius 2 is 1.60 bits per heavy atom. The summed E-state index contributed by atoms with van der Waals surface area (Å²) in [6.45, 7) is 0.639. The smallest absolute Gasteiger partial charge is 0.0781 e. The summed E-state index contributed by atoms with van der Waals surface area (Å²) in [6, 6.07) is 0. The van der Waals surface area contributed by atoms with E-state index in [0.717, 1.165) is 0 Å². The Morgan fingerprint density at radius 3 is 1.60 bits per heavy atom. The van der Waals surface area contributed by atoms with Crippen LogP contribution >= 0.6 is 0 Å². The topological polar surface area (TPSA) is 28.2 Å². The van der Waals surface area contributed by atoms with E-state index in [1.165, 1.54) is 0 Å². The zero-order valence-electron chi connectivity index (χ0n) is 3.60. The van der Waals surface area contributed by atoms with Crippen LogP contribution in [-0.2, 0) is 0 Å². The van der Waals surface area contributed by atoms with Gasteiger partial charge in [-0.25, -0.2) is 10.6 Å². The summed E-state index contributed by atoms with van der Waals surface area (Å²) in [4.78, 5) is 0. The van der Waals surface area contributed by atoms with Gasteiger partial charge in [0.25, 0.3) is 0 Å². The van der Waals surface area contributed by atoms with E-state index < -0.39 is 0 Å². The average Bonchev–Trinajstić information content (AvgIpc) is 1.41. The number of nitrogens with zero attached hydrogens (tertiary/aromatic N) is 2. The molecule has 5 heavy (non-hydrogen) atoms. The molecule has 0 aromatic carbocycles. The van der Waals surface area contributed by atoms with Crippen LogP contribution in [0.5, 0.6) is 0 Å². The van der Waals surface area contributed by atoms with E-state index in [9.17, 15) is 0 Å². The zero-order valence-corrected chi connectivity index (χ0v) is 3.60. The van der Waals surface area contributed by atoms with E-state index in [1.54, 1.807) is 14.1 Å². The molecule has 0 aliphatic carbocycles. The minimum Gasteiger partial charge on any atom is -0.228 e. The van der Waals surface area contributed by atoms with Crippen molar-refractivity contribution in [3.63, 3.8) is 0 Å².